The maximum atomic E-state index is 4.65. The van der Waals surface area contributed by atoms with Gasteiger partial charge in [-0.3, -0.25) is 4.98 Å². The largest absolute Gasteiger partial charge is 0.256 e. The molecule has 0 atom stereocenters. The molecule has 0 unspecified atom stereocenters. The summed E-state index contributed by atoms with van der Waals surface area (Å²) in [5.74, 6) is 0. The molecule has 3 aromatic carbocycles. The molecule has 130 valence electrons. The predicted molar refractivity (Wildman–Crippen MR) is 113 cm³/mol. The van der Waals surface area contributed by atoms with Crippen LogP contribution in [0, 0.1) is 13.8 Å². The Balaban J connectivity index is 1.97. The van der Waals surface area contributed by atoms with Crippen LogP contribution < -0.4 is 0 Å². The molecule has 26 heavy (non-hydrogen) atoms. The van der Waals surface area contributed by atoms with Crippen LogP contribution in [0.25, 0.3) is 32.8 Å². The molecular formula is C25H25N. The summed E-state index contributed by atoms with van der Waals surface area (Å²) in [5, 5.41) is 5.24. The molecule has 1 heteroatoms. The third kappa shape index (κ3) is 2.88. The number of rotatable bonds is 1. The number of aryl methyl sites for hydroxylation is 2. The number of hydrogen-bond acceptors (Lipinski definition) is 1. The van der Waals surface area contributed by atoms with E-state index in [9.17, 15) is 0 Å². The topological polar surface area (TPSA) is 12.9 Å². The number of benzene rings is 3. The normalized spacial score (nSPS) is 12.0. The molecule has 0 amide bonds. The lowest BCUT2D eigenvalue weighted by Gasteiger charge is -2.19. The van der Waals surface area contributed by atoms with Gasteiger partial charge in [0.15, 0.2) is 0 Å². The fourth-order valence-corrected chi connectivity index (χ4v) is 3.68. The van der Waals surface area contributed by atoms with E-state index in [0.29, 0.717) is 0 Å². The van der Waals surface area contributed by atoms with E-state index in [1.807, 2.05) is 6.20 Å². The molecule has 0 saturated carbocycles. The van der Waals surface area contributed by atoms with Gasteiger partial charge in [-0.25, -0.2) is 0 Å². The highest BCUT2D eigenvalue weighted by molar-refractivity contribution is 6.10. The highest BCUT2D eigenvalue weighted by Gasteiger charge is 2.15. The first-order valence-corrected chi connectivity index (χ1v) is 9.23. The van der Waals surface area contributed by atoms with Gasteiger partial charge in [0.1, 0.15) is 0 Å². The first-order valence-electron chi connectivity index (χ1n) is 9.23. The molecule has 0 N–H and O–H groups in total. The van der Waals surface area contributed by atoms with Crippen LogP contribution in [0.15, 0.2) is 60.8 Å². The van der Waals surface area contributed by atoms with Gasteiger partial charge >= 0.3 is 0 Å². The van der Waals surface area contributed by atoms with Crippen LogP contribution in [0.1, 0.15) is 37.5 Å². The van der Waals surface area contributed by atoms with Gasteiger partial charge in [0.2, 0.25) is 0 Å². The van der Waals surface area contributed by atoms with Gasteiger partial charge < -0.3 is 0 Å². The van der Waals surface area contributed by atoms with Crippen LogP contribution in [0.3, 0.4) is 0 Å². The lowest BCUT2D eigenvalue weighted by molar-refractivity contribution is 0.589. The van der Waals surface area contributed by atoms with E-state index in [0.717, 1.165) is 5.69 Å². The molecule has 0 aliphatic carbocycles. The Kier molecular flexibility index (Phi) is 3.84. The van der Waals surface area contributed by atoms with Gasteiger partial charge in [0.05, 0.1) is 5.69 Å². The van der Waals surface area contributed by atoms with Crippen molar-refractivity contribution in [3.8, 4) is 11.3 Å². The first kappa shape index (κ1) is 16.8. The predicted octanol–water partition coefficient (Wildman–Crippen LogP) is 6.97. The summed E-state index contributed by atoms with van der Waals surface area (Å²) in [6, 6.07) is 20.1. The second kappa shape index (κ2) is 5.95. The van der Waals surface area contributed by atoms with Crippen LogP contribution in [0.4, 0.5) is 0 Å². The molecule has 0 saturated heterocycles. The second-order valence-electron chi connectivity index (χ2n) is 8.36. The number of fused-ring (bicyclic) bond motifs is 3. The number of hydrogen-bond donors (Lipinski definition) is 0. The molecule has 0 spiro atoms. The van der Waals surface area contributed by atoms with Gasteiger partial charge in [-0.15, -0.1) is 0 Å². The van der Waals surface area contributed by atoms with Gasteiger partial charge in [-0.1, -0.05) is 62.7 Å². The van der Waals surface area contributed by atoms with Crippen LogP contribution in [-0.2, 0) is 5.41 Å². The zero-order valence-electron chi connectivity index (χ0n) is 16.2. The Morgan fingerprint density at radius 3 is 2.27 bits per heavy atom. The van der Waals surface area contributed by atoms with Gasteiger partial charge in [0.25, 0.3) is 0 Å². The van der Waals surface area contributed by atoms with E-state index in [1.54, 1.807) is 0 Å². The summed E-state index contributed by atoms with van der Waals surface area (Å²) in [6.45, 7) is 11.1. The lowest BCUT2D eigenvalue weighted by atomic mass is 9.86. The average molecular weight is 339 g/mol. The molecule has 0 aliphatic heterocycles. The van der Waals surface area contributed by atoms with Gasteiger partial charge in [-0.05, 0) is 70.1 Å². The van der Waals surface area contributed by atoms with Gasteiger partial charge in [0, 0.05) is 11.8 Å². The molecule has 1 nitrogen and oxygen atoms in total. The third-order valence-electron chi connectivity index (χ3n) is 5.24. The van der Waals surface area contributed by atoms with E-state index in [4.69, 9.17) is 0 Å². The number of nitrogens with zero attached hydrogens (tertiary/aromatic N) is 1. The van der Waals surface area contributed by atoms with Gasteiger partial charge in [-0.2, -0.15) is 0 Å². The Morgan fingerprint density at radius 2 is 1.50 bits per heavy atom. The molecule has 0 aliphatic rings. The van der Waals surface area contributed by atoms with Crippen molar-refractivity contribution in [2.75, 3.05) is 0 Å². The van der Waals surface area contributed by atoms with E-state index in [2.05, 4.69) is 94.2 Å². The minimum absolute atomic E-state index is 0.120. The minimum atomic E-state index is 0.120. The molecule has 0 radical (unpaired) electrons. The summed E-state index contributed by atoms with van der Waals surface area (Å²) in [6.07, 6.45) is 1.93. The van der Waals surface area contributed by atoms with E-state index in [-0.39, 0.29) is 5.41 Å². The number of pyridine rings is 1. The van der Waals surface area contributed by atoms with Crippen LogP contribution in [-0.4, -0.2) is 4.98 Å². The quantitative estimate of drug-likeness (QED) is 0.341. The van der Waals surface area contributed by atoms with Crippen molar-refractivity contribution in [2.45, 2.75) is 40.0 Å². The number of aromatic nitrogens is 1. The summed E-state index contributed by atoms with van der Waals surface area (Å²) < 4.78 is 0. The van der Waals surface area contributed by atoms with E-state index >= 15 is 0 Å². The van der Waals surface area contributed by atoms with Crippen molar-refractivity contribution < 1.29 is 0 Å². The average Bonchev–Trinajstić information content (AvgIpc) is 2.60. The van der Waals surface area contributed by atoms with E-state index < -0.39 is 0 Å². The standard InChI is InChI=1S/C25H25N/c1-16-6-8-22-19(12-16)13-17(2)21-9-7-18(14-23(21)22)24-15-20(10-11-26-24)25(3,4)5/h6-15H,1-5H3. The highest BCUT2D eigenvalue weighted by Crippen LogP contribution is 2.33. The summed E-state index contributed by atoms with van der Waals surface area (Å²) >= 11 is 0. The SMILES string of the molecule is Cc1ccc2c(c1)cc(C)c1ccc(-c3cc(C(C)(C)C)ccn3)cc12. The molecule has 4 rings (SSSR count). The second-order valence-corrected chi connectivity index (χ2v) is 8.36. The summed E-state index contributed by atoms with van der Waals surface area (Å²) in [5.41, 5.74) is 6.27. The van der Waals surface area contributed by atoms with Crippen molar-refractivity contribution in [3.05, 3.63) is 77.5 Å². The van der Waals surface area contributed by atoms with Crippen molar-refractivity contribution in [3.63, 3.8) is 0 Å². The fraction of sp³-hybridized carbons (Fsp3) is 0.240. The van der Waals surface area contributed by atoms with Crippen LogP contribution >= 0.6 is 0 Å². The molecule has 0 fully saturated rings. The monoisotopic (exact) mass is 339 g/mol. The highest BCUT2D eigenvalue weighted by atomic mass is 14.7. The Morgan fingerprint density at radius 1 is 0.731 bits per heavy atom. The minimum Gasteiger partial charge on any atom is -0.256 e. The van der Waals surface area contributed by atoms with Crippen LogP contribution in [0.5, 0.6) is 0 Å². The molecular weight excluding hydrogens is 314 g/mol. The summed E-state index contributed by atoms with van der Waals surface area (Å²) in [4.78, 5) is 4.65. The van der Waals surface area contributed by atoms with Crippen molar-refractivity contribution >= 4 is 21.5 Å². The maximum absolute atomic E-state index is 4.65. The fourth-order valence-electron chi connectivity index (χ4n) is 3.68. The molecule has 1 aromatic heterocycles. The third-order valence-corrected chi connectivity index (χ3v) is 5.24. The smallest absolute Gasteiger partial charge is 0.0705 e. The first-order chi connectivity index (χ1) is 12.3. The maximum Gasteiger partial charge on any atom is 0.0705 e. The van der Waals surface area contributed by atoms with Crippen molar-refractivity contribution in [2.24, 2.45) is 0 Å². The zero-order chi connectivity index (χ0) is 18.5. The Hall–Kier alpha value is -2.67. The van der Waals surface area contributed by atoms with Crippen molar-refractivity contribution in [1.29, 1.82) is 0 Å². The molecule has 1 heterocycles. The van der Waals surface area contributed by atoms with Crippen molar-refractivity contribution in [1.82, 2.24) is 4.98 Å². The molecule has 4 aromatic rings. The lowest BCUT2D eigenvalue weighted by Crippen LogP contribution is -2.11. The zero-order valence-corrected chi connectivity index (χ0v) is 16.2. The van der Waals surface area contributed by atoms with Crippen LogP contribution in [0.2, 0.25) is 0 Å². The Bertz CT molecular complexity index is 1130. The Labute approximate surface area is 155 Å². The summed E-state index contributed by atoms with van der Waals surface area (Å²) in [7, 11) is 0. The van der Waals surface area contributed by atoms with E-state index in [1.165, 1.54) is 43.8 Å². The molecule has 0 bridgehead atoms.